The van der Waals surface area contributed by atoms with Crippen LogP contribution in [0.25, 0.3) is 0 Å². The van der Waals surface area contributed by atoms with E-state index in [-0.39, 0.29) is 0 Å². The number of hydrogen-bond donors (Lipinski definition) is 0. The minimum atomic E-state index is -2.00. The van der Waals surface area contributed by atoms with Gasteiger partial charge in [-0.2, -0.15) is 12.8 Å². The summed E-state index contributed by atoms with van der Waals surface area (Å²) in [6.45, 7) is 4.44. The van der Waals surface area contributed by atoms with Crippen molar-refractivity contribution in [3.8, 4) is 0 Å². The van der Waals surface area contributed by atoms with Crippen LogP contribution in [0.4, 0.5) is 0 Å². The summed E-state index contributed by atoms with van der Waals surface area (Å²) in [7, 11) is 0. The first-order chi connectivity index (χ1) is 5.33. The molecule has 11 heavy (non-hydrogen) atoms. The van der Waals surface area contributed by atoms with Gasteiger partial charge in [0.2, 0.25) is 0 Å². The number of rotatable bonds is 5. The SMILES string of the molecule is CC[CH-]CCCCC.[O]=[Ti]=[O]. The molecule has 0 radical (unpaired) electrons. The quantitative estimate of drug-likeness (QED) is 0.382. The standard InChI is InChI=1S/C8H17.2O.Ti/c1-3-5-7-8-6-4-2;;;/h5H,3-4,6-8H2,1-2H3;;;/q-1;;;. The molecule has 2 nitrogen and oxygen atoms in total. The van der Waals surface area contributed by atoms with Crippen LogP contribution in [0.15, 0.2) is 0 Å². The predicted molar refractivity (Wildman–Crippen MR) is 40.1 cm³/mol. The molecule has 0 spiro atoms. The predicted octanol–water partition coefficient (Wildman–Crippen LogP) is 2.94. The maximum absolute atomic E-state index is 8.50. The van der Waals surface area contributed by atoms with Crippen molar-refractivity contribution in [2.75, 3.05) is 0 Å². The molecule has 0 aliphatic carbocycles. The van der Waals surface area contributed by atoms with Crippen molar-refractivity contribution in [2.24, 2.45) is 0 Å². The van der Waals surface area contributed by atoms with Gasteiger partial charge in [0.1, 0.15) is 0 Å². The molecule has 0 aromatic heterocycles. The molecule has 0 aliphatic rings. The van der Waals surface area contributed by atoms with Gasteiger partial charge in [0, 0.05) is 0 Å². The fourth-order valence-corrected chi connectivity index (χ4v) is 0.743. The van der Waals surface area contributed by atoms with E-state index < -0.39 is 19.1 Å². The second kappa shape index (κ2) is 16.7. The summed E-state index contributed by atoms with van der Waals surface area (Å²) in [5, 5.41) is 0. The summed E-state index contributed by atoms with van der Waals surface area (Å²) in [6.07, 6.45) is 9.06. The molecular formula is C8H17O2Ti-. The topological polar surface area (TPSA) is 34.1 Å². The van der Waals surface area contributed by atoms with E-state index in [1.807, 2.05) is 0 Å². The zero-order chi connectivity index (χ0) is 8.95. The molecule has 0 unspecified atom stereocenters. The molecule has 0 aromatic carbocycles. The summed E-state index contributed by atoms with van der Waals surface area (Å²) in [5.41, 5.74) is 0. The Labute approximate surface area is 78.3 Å². The molecule has 0 fully saturated rings. The van der Waals surface area contributed by atoms with Gasteiger partial charge in [-0.25, -0.2) is 0 Å². The first kappa shape index (κ1) is 13.9. The van der Waals surface area contributed by atoms with E-state index in [4.69, 9.17) is 6.65 Å². The molecule has 0 amide bonds. The minimum absolute atomic E-state index is 1.24. The van der Waals surface area contributed by atoms with Crippen LogP contribution < -0.4 is 0 Å². The van der Waals surface area contributed by atoms with Gasteiger partial charge >= 0.3 is 25.7 Å². The van der Waals surface area contributed by atoms with Crippen molar-refractivity contribution in [1.82, 2.24) is 0 Å². The molecule has 0 heterocycles. The summed E-state index contributed by atoms with van der Waals surface area (Å²) < 4.78 is 17.0. The second-order valence-corrected chi connectivity index (χ2v) is 2.54. The van der Waals surface area contributed by atoms with Gasteiger partial charge in [0.15, 0.2) is 0 Å². The molecule has 0 rings (SSSR count). The molecule has 0 aromatic rings. The summed E-state index contributed by atoms with van der Waals surface area (Å²) in [5.74, 6) is 0. The molecule has 0 saturated carbocycles. The van der Waals surface area contributed by atoms with Crippen LogP contribution >= 0.6 is 0 Å². The third-order valence-corrected chi connectivity index (χ3v) is 1.30. The van der Waals surface area contributed by atoms with E-state index in [0.29, 0.717) is 0 Å². The van der Waals surface area contributed by atoms with Gasteiger partial charge < -0.3 is 6.42 Å². The van der Waals surface area contributed by atoms with Crippen molar-refractivity contribution in [3.63, 3.8) is 0 Å². The van der Waals surface area contributed by atoms with Gasteiger partial charge in [-0.1, -0.05) is 33.1 Å². The molecule has 0 bridgehead atoms. The Morgan fingerprint density at radius 1 is 1.18 bits per heavy atom. The van der Waals surface area contributed by atoms with Crippen molar-refractivity contribution < 1.29 is 25.7 Å². The van der Waals surface area contributed by atoms with Crippen LogP contribution in [0.5, 0.6) is 0 Å². The Hall–Kier alpha value is 0.314. The molecular weight excluding hydrogens is 176 g/mol. The van der Waals surface area contributed by atoms with Gasteiger partial charge in [-0.3, -0.25) is 0 Å². The second-order valence-electron chi connectivity index (χ2n) is 2.28. The summed E-state index contributed by atoms with van der Waals surface area (Å²) in [4.78, 5) is 0. The van der Waals surface area contributed by atoms with Crippen LogP contribution in [0, 0.1) is 6.42 Å². The van der Waals surface area contributed by atoms with E-state index in [1.54, 1.807) is 0 Å². The van der Waals surface area contributed by atoms with Gasteiger partial charge in [0.25, 0.3) is 0 Å². The zero-order valence-electron chi connectivity index (χ0n) is 7.43. The van der Waals surface area contributed by atoms with Crippen molar-refractivity contribution >= 4 is 0 Å². The molecule has 0 saturated heterocycles. The zero-order valence-corrected chi connectivity index (χ0v) is 8.99. The molecule has 0 N–H and O–H groups in total. The van der Waals surface area contributed by atoms with Gasteiger partial charge in [0.05, 0.1) is 0 Å². The van der Waals surface area contributed by atoms with Gasteiger partial charge in [-0.05, 0) is 0 Å². The van der Waals surface area contributed by atoms with E-state index in [9.17, 15) is 0 Å². The summed E-state index contributed by atoms with van der Waals surface area (Å²) >= 11 is -2.00. The van der Waals surface area contributed by atoms with E-state index >= 15 is 0 Å². The molecule has 3 heteroatoms. The van der Waals surface area contributed by atoms with Crippen LogP contribution in [-0.2, 0) is 25.7 Å². The maximum atomic E-state index is 8.50. The third-order valence-electron chi connectivity index (χ3n) is 1.30. The van der Waals surface area contributed by atoms with Crippen molar-refractivity contribution in [1.29, 1.82) is 0 Å². The van der Waals surface area contributed by atoms with Crippen LogP contribution in [0.2, 0.25) is 0 Å². The van der Waals surface area contributed by atoms with E-state index in [2.05, 4.69) is 20.3 Å². The Morgan fingerprint density at radius 3 is 2.09 bits per heavy atom. The van der Waals surface area contributed by atoms with Crippen molar-refractivity contribution in [3.05, 3.63) is 6.42 Å². The first-order valence-corrected chi connectivity index (χ1v) is 5.41. The van der Waals surface area contributed by atoms with Crippen LogP contribution in [0.1, 0.15) is 46.0 Å². The van der Waals surface area contributed by atoms with E-state index in [0.717, 1.165) is 0 Å². The van der Waals surface area contributed by atoms with Crippen molar-refractivity contribution in [2.45, 2.75) is 46.0 Å². The van der Waals surface area contributed by atoms with E-state index in [1.165, 1.54) is 32.1 Å². The Kier molecular flexibility index (Phi) is 21.1. The normalized spacial score (nSPS) is 7.82. The van der Waals surface area contributed by atoms with Gasteiger partial charge in [-0.15, -0.1) is 0 Å². The molecule has 66 valence electrons. The molecule has 0 aliphatic heterocycles. The Morgan fingerprint density at radius 2 is 1.73 bits per heavy atom. The number of unbranched alkanes of at least 4 members (excludes halogenated alkanes) is 5. The van der Waals surface area contributed by atoms with Crippen LogP contribution in [0.3, 0.4) is 0 Å². The fourth-order valence-electron chi connectivity index (χ4n) is 0.743. The monoisotopic (exact) mass is 193 g/mol. The number of hydrogen-bond acceptors (Lipinski definition) is 2. The fraction of sp³-hybridized carbons (Fsp3) is 0.875. The average molecular weight is 193 g/mol. The van der Waals surface area contributed by atoms with Crippen LogP contribution in [-0.4, -0.2) is 0 Å². The Balaban J connectivity index is 0. The average Bonchev–Trinajstić information content (AvgIpc) is 2.00. The first-order valence-electron chi connectivity index (χ1n) is 4.14. The Bertz CT molecular complexity index is 82.1. The molecule has 0 atom stereocenters. The summed E-state index contributed by atoms with van der Waals surface area (Å²) in [6, 6.07) is 0. The third kappa shape index (κ3) is 25.2.